The van der Waals surface area contributed by atoms with Crippen molar-refractivity contribution >= 4 is 5.69 Å². The smallest absolute Gasteiger partial charge is 0.149 e. The van der Waals surface area contributed by atoms with Gasteiger partial charge in [0.05, 0.1) is 5.69 Å². The molecular formula is C16H22F2N2. The van der Waals surface area contributed by atoms with Crippen molar-refractivity contribution in [1.82, 2.24) is 5.32 Å². The van der Waals surface area contributed by atoms with Crippen molar-refractivity contribution < 1.29 is 8.78 Å². The van der Waals surface area contributed by atoms with Crippen molar-refractivity contribution in [3.05, 3.63) is 29.8 Å². The van der Waals surface area contributed by atoms with Gasteiger partial charge in [-0.1, -0.05) is 19.3 Å². The number of nitrogens with zero attached hydrogens (tertiary/aromatic N) is 1. The predicted octanol–water partition coefficient (Wildman–Crippen LogP) is 3.47. The summed E-state index contributed by atoms with van der Waals surface area (Å²) in [5.74, 6) is -0.967. The molecule has 110 valence electrons. The second kappa shape index (κ2) is 5.32. The van der Waals surface area contributed by atoms with Crippen LogP contribution in [0.2, 0.25) is 0 Å². The Morgan fingerprint density at radius 1 is 1.20 bits per heavy atom. The van der Waals surface area contributed by atoms with Crippen molar-refractivity contribution in [3.63, 3.8) is 0 Å². The molecule has 0 aromatic heterocycles. The molecule has 1 aliphatic carbocycles. The Labute approximate surface area is 119 Å². The first-order valence-electron chi connectivity index (χ1n) is 7.56. The minimum absolute atomic E-state index is 0.117. The number of hydrogen-bond acceptors (Lipinski definition) is 2. The summed E-state index contributed by atoms with van der Waals surface area (Å²) in [5.41, 5.74) is 0.649. The summed E-state index contributed by atoms with van der Waals surface area (Å²) in [7, 11) is 0. The van der Waals surface area contributed by atoms with E-state index < -0.39 is 11.6 Å². The first-order valence-corrected chi connectivity index (χ1v) is 7.56. The molecule has 1 aromatic rings. The van der Waals surface area contributed by atoms with E-state index in [1.165, 1.54) is 25.3 Å². The highest BCUT2D eigenvalue weighted by atomic mass is 19.1. The second-order valence-electron chi connectivity index (χ2n) is 6.29. The summed E-state index contributed by atoms with van der Waals surface area (Å²) in [6, 6.07) is 4.13. The number of benzene rings is 1. The van der Waals surface area contributed by atoms with Crippen LogP contribution in [0.25, 0.3) is 0 Å². The molecule has 1 unspecified atom stereocenters. The van der Waals surface area contributed by atoms with Crippen LogP contribution in [0.15, 0.2) is 18.2 Å². The fourth-order valence-corrected chi connectivity index (χ4v) is 3.61. The zero-order valence-corrected chi connectivity index (χ0v) is 12.0. The maximum Gasteiger partial charge on any atom is 0.149 e. The average Bonchev–Trinajstić information content (AvgIpc) is 2.43. The number of hydrogen-bond donors (Lipinski definition) is 1. The molecule has 1 spiro atoms. The maximum absolute atomic E-state index is 14.1. The van der Waals surface area contributed by atoms with Gasteiger partial charge in [0.1, 0.15) is 11.6 Å². The van der Waals surface area contributed by atoms with E-state index in [2.05, 4.69) is 17.1 Å². The fraction of sp³-hybridized carbons (Fsp3) is 0.625. The lowest BCUT2D eigenvalue weighted by Crippen LogP contribution is -2.64. The number of nitrogens with one attached hydrogen (secondary N) is 1. The third kappa shape index (κ3) is 2.53. The van der Waals surface area contributed by atoms with Gasteiger partial charge in [-0.05, 0) is 31.9 Å². The molecule has 4 heteroatoms. The highest BCUT2D eigenvalue weighted by Gasteiger charge is 2.39. The maximum atomic E-state index is 14.1. The minimum atomic E-state index is -0.513. The summed E-state index contributed by atoms with van der Waals surface area (Å²) in [5, 5.41) is 3.68. The normalized spacial score (nSPS) is 25.9. The molecule has 0 bridgehead atoms. The Bertz CT molecular complexity index is 483. The van der Waals surface area contributed by atoms with E-state index in [0.717, 1.165) is 32.0 Å². The van der Waals surface area contributed by atoms with Crippen LogP contribution in [0.1, 0.15) is 39.0 Å². The van der Waals surface area contributed by atoms with Crippen LogP contribution in [0.4, 0.5) is 14.5 Å². The van der Waals surface area contributed by atoms with Gasteiger partial charge in [-0.15, -0.1) is 0 Å². The van der Waals surface area contributed by atoms with E-state index in [4.69, 9.17) is 0 Å². The molecule has 1 N–H and O–H groups in total. The Hall–Kier alpha value is -1.16. The summed E-state index contributed by atoms with van der Waals surface area (Å²) < 4.78 is 27.2. The highest BCUT2D eigenvalue weighted by Crippen LogP contribution is 2.34. The number of rotatable bonds is 1. The molecule has 1 heterocycles. The van der Waals surface area contributed by atoms with Crippen LogP contribution in [0, 0.1) is 11.6 Å². The third-order valence-electron chi connectivity index (χ3n) is 4.81. The van der Waals surface area contributed by atoms with Gasteiger partial charge < -0.3 is 10.2 Å². The SMILES string of the molecule is CC1CNC2(CCCCC2)CN1c1ccc(F)cc1F. The van der Waals surface area contributed by atoms with E-state index in [0.29, 0.717) is 5.69 Å². The van der Waals surface area contributed by atoms with Crippen LogP contribution in [0.3, 0.4) is 0 Å². The summed E-state index contributed by atoms with van der Waals surface area (Å²) in [6.45, 7) is 3.76. The molecule has 1 saturated heterocycles. The lowest BCUT2D eigenvalue weighted by Gasteiger charge is -2.50. The lowest BCUT2D eigenvalue weighted by molar-refractivity contribution is 0.200. The first kappa shape index (κ1) is 13.8. The van der Waals surface area contributed by atoms with E-state index in [1.807, 2.05) is 0 Å². The minimum Gasteiger partial charge on any atom is -0.363 e. The molecule has 3 rings (SSSR count). The van der Waals surface area contributed by atoms with Gasteiger partial charge in [-0.3, -0.25) is 0 Å². The Morgan fingerprint density at radius 2 is 1.95 bits per heavy atom. The molecule has 1 atom stereocenters. The molecule has 1 aliphatic heterocycles. The van der Waals surface area contributed by atoms with Gasteiger partial charge >= 0.3 is 0 Å². The molecular weight excluding hydrogens is 258 g/mol. The Morgan fingerprint density at radius 3 is 2.65 bits per heavy atom. The van der Waals surface area contributed by atoms with Crippen molar-refractivity contribution in [1.29, 1.82) is 0 Å². The molecule has 1 aromatic carbocycles. The monoisotopic (exact) mass is 280 g/mol. The zero-order chi connectivity index (χ0) is 14.2. The van der Waals surface area contributed by atoms with E-state index in [9.17, 15) is 8.78 Å². The van der Waals surface area contributed by atoms with Gasteiger partial charge in [0, 0.05) is 30.7 Å². The standard InChI is InChI=1S/C16H22F2N2/c1-12-10-19-16(7-3-2-4-8-16)11-20(12)15-6-5-13(17)9-14(15)18/h5-6,9,12,19H,2-4,7-8,10-11H2,1H3. The second-order valence-corrected chi connectivity index (χ2v) is 6.29. The molecule has 20 heavy (non-hydrogen) atoms. The summed E-state index contributed by atoms with van der Waals surface area (Å²) in [6.07, 6.45) is 6.07. The molecule has 2 fully saturated rings. The topological polar surface area (TPSA) is 15.3 Å². The van der Waals surface area contributed by atoms with Crippen molar-refractivity contribution in [2.45, 2.75) is 50.6 Å². The first-order chi connectivity index (χ1) is 9.60. The average molecular weight is 280 g/mol. The van der Waals surface area contributed by atoms with Gasteiger partial charge in [-0.25, -0.2) is 8.78 Å². The van der Waals surface area contributed by atoms with E-state index >= 15 is 0 Å². The quantitative estimate of drug-likeness (QED) is 0.847. The fourth-order valence-electron chi connectivity index (χ4n) is 3.61. The molecule has 1 saturated carbocycles. The van der Waals surface area contributed by atoms with E-state index in [1.54, 1.807) is 6.07 Å². The van der Waals surface area contributed by atoms with Crippen molar-refractivity contribution in [3.8, 4) is 0 Å². The largest absolute Gasteiger partial charge is 0.363 e. The zero-order valence-electron chi connectivity index (χ0n) is 12.0. The molecule has 0 amide bonds. The summed E-state index contributed by atoms with van der Waals surface area (Å²) >= 11 is 0. The molecule has 0 radical (unpaired) electrons. The lowest BCUT2D eigenvalue weighted by atomic mass is 9.79. The molecule has 2 aliphatic rings. The van der Waals surface area contributed by atoms with Gasteiger partial charge in [0.2, 0.25) is 0 Å². The third-order valence-corrected chi connectivity index (χ3v) is 4.81. The van der Waals surface area contributed by atoms with Crippen molar-refractivity contribution in [2.75, 3.05) is 18.0 Å². The van der Waals surface area contributed by atoms with Crippen LogP contribution >= 0.6 is 0 Å². The van der Waals surface area contributed by atoms with Gasteiger partial charge in [-0.2, -0.15) is 0 Å². The van der Waals surface area contributed by atoms with E-state index in [-0.39, 0.29) is 11.6 Å². The molecule has 2 nitrogen and oxygen atoms in total. The van der Waals surface area contributed by atoms with Crippen LogP contribution in [-0.4, -0.2) is 24.7 Å². The van der Waals surface area contributed by atoms with Gasteiger partial charge in [0.15, 0.2) is 0 Å². The number of piperazine rings is 1. The number of halogens is 2. The van der Waals surface area contributed by atoms with Crippen LogP contribution < -0.4 is 10.2 Å². The Balaban J connectivity index is 1.86. The van der Waals surface area contributed by atoms with Crippen LogP contribution in [-0.2, 0) is 0 Å². The number of anilines is 1. The highest BCUT2D eigenvalue weighted by molar-refractivity contribution is 5.50. The van der Waals surface area contributed by atoms with Crippen LogP contribution in [0.5, 0.6) is 0 Å². The van der Waals surface area contributed by atoms with Crippen molar-refractivity contribution in [2.24, 2.45) is 0 Å². The van der Waals surface area contributed by atoms with Gasteiger partial charge in [0.25, 0.3) is 0 Å². The summed E-state index contributed by atoms with van der Waals surface area (Å²) in [4.78, 5) is 2.11. The Kier molecular flexibility index (Phi) is 3.67. The predicted molar refractivity (Wildman–Crippen MR) is 77.0 cm³/mol.